The lowest BCUT2D eigenvalue weighted by molar-refractivity contribution is 0.643. The normalized spacial score (nSPS) is 14.9. The third-order valence-electron chi connectivity index (χ3n) is 4.85. The van der Waals surface area contributed by atoms with Gasteiger partial charge in [0.15, 0.2) is 0 Å². The second-order valence-electron chi connectivity index (χ2n) is 6.44. The van der Waals surface area contributed by atoms with Crippen LogP contribution in [0.1, 0.15) is 0 Å². The van der Waals surface area contributed by atoms with Gasteiger partial charge in [-0.3, -0.25) is 0 Å². The fourth-order valence-corrected chi connectivity index (χ4v) is 4.10. The molecule has 3 heterocycles. The first-order valence-corrected chi connectivity index (χ1v) is 9.69. The van der Waals surface area contributed by atoms with Gasteiger partial charge in [0.25, 0.3) is 0 Å². The number of rotatable bonds is 3. The standard InChI is InChI=1S/C20H19N5S/c1-2-4-16(5-3-1)24-9-11-25(12-10-24)20-22-17-7-6-15(14-18(17)23-20)19-21-8-13-26-19/h1-8,13-14H,9-12H2,(H,22,23). The number of aromatic nitrogens is 3. The van der Waals surface area contributed by atoms with Crippen molar-refractivity contribution in [3.63, 3.8) is 0 Å². The highest BCUT2D eigenvalue weighted by Crippen LogP contribution is 2.27. The number of hydrogen-bond donors (Lipinski definition) is 1. The van der Waals surface area contributed by atoms with Gasteiger partial charge >= 0.3 is 0 Å². The number of anilines is 2. The van der Waals surface area contributed by atoms with Gasteiger partial charge in [-0.1, -0.05) is 18.2 Å². The van der Waals surface area contributed by atoms with Gasteiger partial charge in [0.2, 0.25) is 5.95 Å². The Balaban J connectivity index is 1.35. The molecule has 26 heavy (non-hydrogen) atoms. The van der Waals surface area contributed by atoms with E-state index in [1.807, 2.05) is 11.6 Å². The highest BCUT2D eigenvalue weighted by Gasteiger charge is 2.19. The van der Waals surface area contributed by atoms with Crippen molar-refractivity contribution < 1.29 is 0 Å². The van der Waals surface area contributed by atoms with Crippen LogP contribution in [0.4, 0.5) is 11.6 Å². The minimum atomic E-state index is 0.962. The Kier molecular flexibility index (Phi) is 3.83. The number of fused-ring (bicyclic) bond motifs is 1. The predicted octanol–water partition coefficient (Wildman–Crippen LogP) is 4.01. The Morgan fingerprint density at radius 3 is 2.50 bits per heavy atom. The van der Waals surface area contributed by atoms with Crippen molar-refractivity contribution in [2.24, 2.45) is 0 Å². The van der Waals surface area contributed by atoms with E-state index >= 15 is 0 Å². The zero-order valence-corrected chi connectivity index (χ0v) is 15.1. The van der Waals surface area contributed by atoms with E-state index in [1.54, 1.807) is 11.3 Å². The third kappa shape index (κ3) is 2.82. The van der Waals surface area contributed by atoms with Crippen LogP contribution in [-0.2, 0) is 0 Å². The molecule has 1 N–H and O–H groups in total. The molecule has 2 aromatic heterocycles. The monoisotopic (exact) mass is 361 g/mol. The van der Waals surface area contributed by atoms with Gasteiger partial charge in [-0.05, 0) is 30.3 Å². The fourth-order valence-electron chi connectivity index (χ4n) is 3.46. The van der Waals surface area contributed by atoms with Gasteiger partial charge in [-0.2, -0.15) is 0 Å². The van der Waals surface area contributed by atoms with E-state index in [0.29, 0.717) is 0 Å². The Bertz CT molecular complexity index is 1000. The van der Waals surface area contributed by atoms with E-state index in [0.717, 1.165) is 53.7 Å². The maximum atomic E-state index is 4.79. The van der Waals surface area contributed by atoms with Crippen LogP contribution in [0.5, 0.6) is 0 Å². The first-order valence-electron chi connectivity index (χ1n) is 8.81. The number of H-pyrrole nitrogens is 1. The first-order chi connectivity index (χ1) is 12.9. The van der Waals surface area contributed by atoms with Crippen molar-refractivity contribution in [1.82, 2.24) is 15.0 Å². The van der Waals surface area contributed by atoms with E-state index in [4.69, 9.17) is 4.98 Å². The molecule has 0 spiro atoms. The van der Waals surface area contributed by atoms with Crippen LogP contribution in [0.2, 0.25) is 0 Å². The minimum absolute atomic E-state index is 0.962. The van der Waals surface area contributed by atoms with Crippen molar-refractivity contribution in [2.75, 3.05) is 36.0 Å². The molecule has 6 heteroatoms. The molecular formula is C20H19N5S. The highest BCUT2D eigenvalue weighted by atomic mass is 32.1. The molecule has 2 aromatic carbocycles. The van der Waals surface area contributed by atoms with E-state index < -0.39 is 0 Å². The summed E-state index contributed by atoms with van der Waals surface area (Å²) in [7, 11) is 0. The summed E-state index contributed by atoms with van der Waals surface area (Å²) >= 11 is 1.66. The largest absolute Gasteiger partial charge is 0.368 e. The summed E-state index contributed by atoms with van der Waals surface area (Å²) < 4.78 is 0. The van der Waals surface area contributed by atoms with Crippen LogP contribution >= 0.6 is 11.3 Å². The molecule has 1 aliphatic rings. The summed E-state index contributed by atoms with van der Waals surface area (Å²) in [6.45, 7) is 3.94. The highest BCUT2D eigenvalue weighted by molar-refractivity contribution is 7.13. The van der Waals surface area contributed by atoms with Gasteiger partial charge in [0.05, 0.1) is 11.0 Å². The van der Waals surface area contributed by atoms with Crippen molar-refractivity contribution in [1.29, 1.82) is 0 Å². The maximum absolute atomic E-state index is 4.79. The Morgan fingerprint density at radius 2 is 1.73 bits per heavy atom. The van der Waals surface area contributed by atoms with Crippen LogP contribution in [0.15, 0.2) is 60.1 Å². The number of nitrogens with zero attached hydrogens (tertiary/aromatic N) is 4. The number of hydrogen-bond acceptors (Lipinski definition) is 5. The number of piperazine rings is 1. The van der Waals surface area contributed by atoms with Crippen LogP contribution in [0.3, 0.4) is 0 Å². The molecule has 0 amide bonds. The molecule has 5 rings (SSSR count). The second kappa shape index (κ2) is 6.46. The molecule has 0 atom stereocenters. The molecule has 5 nitrogen and oxygen atoms in total. The molecule has 0 saturated carbocycles. The van der Waals surface area contributed by atoms with Gasteiger partial charge in [-0.25, -0.2) is 9.97 Å². The molecule has 0 aliphatic carbocycles. The smallest absolute Gasteiger partial charge is 0.203 e. The lowest BCUT2D eigenvalue weighted by Crippen LogP contribution is -2.46. The number of aromatic amines is 1. The van der Waals surface area contributed by atoms with E-state index in [1.165, 1.54) is 5.69 Å². The Labute approximate surface area is 155 Å². The van der Waals surface area contributed by atoms with Gasteiger partial charge in [0, 0.05) is 49.0 Å². The predicted molar refractivity (Wildman–Crippen MR) is 108 cm³/mol. The Morgan fingerprint density at radius 1 is 0.923 bits per heavy atom. The molecular weight excluding hydrogens is 342 g/mol. The van der Waals surface area contributed by atoms with Crippen LogP contribution < -0.4 is 9.80 Å². The zero-order chi connectivity index (χ0) is 17.3. The van der Waals surface area contributed by atoms with E-state index in [-0.39, 0.29) is 0 Å². The van der Waals surface area contributed by atoms with Crippen molar-refractivity contribution in [2.45, 2.75) is 0 Å². The summed E-state index contributed by atoms with van der Waals surface area (Å²) in [6.07, 6.45) is 1.84. The van der Waals surface area contributed by atoms with Crippen LogP contribution in [0, 0.1) is 0 Å². The quantitative estimate of drug-likeness (QED) is 0.599. The first kappa shape index (κ1) is 15.4. The summed E-state index contributed by atoms with van der Waals surface area (Å²) in [5.74, 6) is 0.962. The summed E-state index contributed by atoms with van der Waals surface area (Å²) in [4.78, 5) is 17.4. The molecule has 130 valence electrons. The van der Waals surface area contributed by atoms with E-state index in [2.05, 4.69) is 68.3 Å². The van der Waals surface area contributed by atoms with Gasteiger partial charge < -0.3 is 14.8 Å². The summed E-state index contributed by atoms with van der Waals surface area (Å²) in [5.41, 5.74) is 4.51. The number of nitrogens with one attached hydrogen (secondary N) is 1. The van der Waals surface area contributed by atoms with Crippen molar-refractivity contribution in [3.8, 4) is 10.6 Å². The molecule has 1 fully saturated rings. The molecule has 0 radical (unpaired) electrons. The maximum Gasteiger partial charge on any atom is 0.203 e. The van der Waals surface area contributed by atoms with Crippen LogP contribution in [0.25, 0.3) is 21.6 Å². The lowest BCUT2D eigenvalue weighted by atomic mass is 10.2. The fraction of sp³-hybridized carbons (Fsp3) is 0.200. The minimum Gasteiger partial charge on any atom is -0.368 e. The number of para-hydroxylation sites is 1. The van der Waals surface area contributed by atoms with Crippen LogP contribution in [-0.4, -0.2) is 41.1 Å². The summed E-state index contributed by atoms with van der Waals surface area (Å²) in [5, 5.41) is 3.05. The molecule has 1 aliphatic heterocycles. The van der Waals surface area contributed by atoms with E-state index in [9.17, 15) is 0 Å². The van der Waals surface area contributed by atoms with Crippen molar-refractivity contribution >= 4 is 34.0 Å². The molecule has 1 saturated heterocycles. The number of imidazole rings is 1. The average molecular weight is 361 g/mol. The zero-order valence-electron chi connectivity index (χ0n) is 14.3. The average Bonchev–Trinajstić information content (AvgIpc) is 3.38. The van der Waals surface area contributed by atoms with Gasteiger partial charge in [0.1, 0.15) is 5.01 Å². The lowest BCUT2D eigenvalue weighted by Gasteiger charge is -2.35. The molecule has 4 aromatic rings. The second-order valence-corrected chi connectivity index (χ2v) is 7.33. The molecule has 0 unspecified atom stereocenters. The SMILES string of the molecule is c1ccc(N2CCN(c3nc4ccc(-c5nccs5)cc4[nH]3)CC2)cc1. The number of thiazole rings is 1. The summed E-state index contributed by atoms with van der Waals surface area (Å²) in [6, 6.07) is 16.9. The van der Waals surface area contributed by atoms with Gasteiger partial charge in [-0.15, -0.1) is 11.3 Å². The van der Waals surface area contributed by atoms with Crippen molar-refractivity contribution in [3.05, 3.63) is 60.1 Å². The third-order valence-corrected chi connectivity index (χ3v) is 5.67. The molecule has 0 bridgehead atoms. The topological polar surface area (TPSA) is 48.1 Å². The number of benzene rings is 2. The Hall–Kier alpha value is -2.86.